The van der Waals surface area contributed by atoms with Gasteiger partial charge in [-0.05, 0) is 12.1 Å². The Kier molecular flexibility index (Phi) is 7.38. The van der Waals surface area contributed by atoms with Crippen LogP contribution in [0, 0.1) is 11.3 Å². The van der Waals surface area contributed by atoms with Gasteiger partial charge < -0.3 is 10.1 Å². The number of amides is 1. The molecule has 1 aliphatic heterocycles. The molecule has 2 rings (SSSR count). The number of nitrogens with zero attached hydrogens (tertiary/aromatic N) is 3. The summed E-state index contributed by atoms with van der Waals surface area (Å²) in [5.41, 5.74) is 0.546. The van der Waals surface area contributed by atoms with E-state index >= 15 is 0 Å². The summed E-state index contributed by atoms with van der Waals surface area (Å²) in [5, 5.41) is 12.0. The number of rotatable bonds is 8. The van der Waals surface area contributed by atoms with Crippen molar-refractivity contribution in [2.45, 2.75) is 6.42 Å². The molecule has 1 fully saturated rings. The van der Waals surface area contributed by atoms with Gasteiger partial charge in [-0.25, -0.2) is 8.42 Å². The Morgan fingerprint density at radius 1 is 1.35 bits per heavy atom. The molecule has 0 unspecified atom stereocenters. The molecule has 0 aliphatic carbocycles. The molecule has 0 atom stereocenters. The van der Waals surface area contributed by atoms with Crippen LogP contribution in [0.1, 0.15) is 12.0 Å². The van der Waals surface area contributed by atoms with Crippen LogP contribution in [0.15, 0.2) is 24.3 Å². The molecule has 0 radical (unpaired) electrons. The summed E-state index contributed by atoms with van der Waals surface area (Å²) in [6, 6.07) is 8.43. The minimum atomic E-state index is -3.60. The second-order valence-electron chi connectivity index (χ2n) is 6.02. The maximum Gasteiger partial charge on any atom is 0.232 e. The van der Waals surface area contributed by atoms with Gasteiger partial charge in [-0.1, -0.05) is 12.1 Å². The molecule has 0 saturated carbocycles. The first-order valence-electron chi connectivity index (χ1n) is 8.45. The molecule has 0 spiro atoms. The minimum absolute atomic E-state index is 0.0130. The Morgan fingerprint density at radius 2 is 2.04 bits per heavy atom. The van der Waals surface area contributed by atoms with Crippen LogP contribution in [-0.4, -0.2) is 71.4 Å². The fraction of sp³-hybridized carbons (Fsp3) is 0.529. The number of para-hydroxylation sites is 1. The van der Waals surface area contributed by atoms with Gasteiger partial charge in [0.15, 0.2) is 0 Å². The summed E-state index contributed by atoms with van der Waals surface area (Å²) in [6.07, 6.45) is 1.09. The molecule has 1 aliphatic rings. The first kappa shape index (κ1) is 20.2. The number of hydrogen-bond acceptors (Lipinski definition) is 6. The van der Waals surface area contributed by atoms with Gasteiger partial charge in [0.05, 0.1) is 30.7 Å². The van der Waals surface area contributed by atoms with Crippen LogP contribution in [0.5, 0.6) is 0 Å². The molecule has 1 saturated heterocycles. The standard InChI is InChI=1S/C17H24N4O4S/c1-26(23,24)21(16-5-3-2-4-15(16)14-18)8-6-17(22)19-7-9-20-10-12-25-13-11-20/h2-5H,6-13H2,1H3,(H,19,22). The molecule has 1 aromatic carbocycles. The van der Waals surface area contributed by atoms with E-state index in [2.05, 4.69) is 10.2 Å². The van der Waals surface area contributed by atoms with Crippen molar-refractivity contribution in [2.75, 3.05) is 56.5 Å². The third-order valence-electron chi connectivity index (χ3n) is 4.09. The van der Waals surface area contributed by atoms with Gasteiger partial charge in [-0.3, -0.25) is 14.0 Å². The largest absolute Gasteiger partial charge is 0.379 e. The molecule has 1 N–H and O–H groups in total. The van der Waals surface area contributed by atoms with Crippen LogP contribution in [-0.2, 0) is 19.6 Å². The third-order valence-corrected chi connectivity index (χ3v) is 5.27. The van der Waals surface area contributed by atoms with E-state index in [1.807, 2.05) is 6.07 Å². The zero-order valence-electron chi connectivity index (χ0n) is 14.8. The second kappa shape index (κ2) is 9.52. The van der Waals surface area contributed by atoms with Crippen LogP contribution < -0.4 is 9.62 Å². The van der Waals surface area contributed by atoms with Crippen molar-refractivity contribution in [3.05, 3.63) is 29.8 Å². The second-order valence-corrected chi connectivity index (χ2v) is 7.92. The van der Waals surface area contributed by atoms with Crippen molar-refractivity contribution < 1.29 is 17.9 Å². The maximum atomic E-state index is 12.1. The average Bonchev–Trinajstić information content (AvgIpc) is 2.62. The number of carbonyl (C=O) groups is 1. The van der Waals surface area contributed by atoms with Crippen molar-refractivity contribution in [3.63, 3.8) is 0 Å². The Bertz CT molecular complexity index is 754. The van der Waals surface area contributed by atoms with E-state index in [-0.39, 0.29) is 24.4 Å². The van der Waals surface area contributed by atoms with Gasteiger partial charge in [-0.15, -0.1) is 0 Å². The van der Waals surface area contributed by atoms with Crippen molar-refractivity contribution in [1.82, 2.24) is 10.2 Å². The van der Waals surface area contributed by atoms with Crippen molar-refractivity contribution in [3.8, 4) is 6.07 Å². The highest BCUT2D eigenvalue weighted by Crippen LogP contribution is 2.22. The summed E-state index contributed by atoms with van der Waals surface area (Å²) < 4.78 is 30.6. The predicted octanol–water partition coefficient (Wildman–Crippen LogP) is 0.163. The summed E-state index contributed by atoms with van der Waals surface area (Å²) in [4.78, 5) is 14.3. The normalized spacial score (nSPS) is 15.2. The van der Waals surface area contributed by atoms with Crippen molar-refractivity contribution >= 4 is 21.6 Å². The number of carbonyl (C=O) groups excluding carboxylic acids is 1. The number of hydrogen-bond donors (Lipinski definition) is 1. The molecule has 142 valence electrons. The van der Waals surface area contributed by atoms with E-state index in [0.29, 0.717) is 25.4 Å². The molecule has 9 heteroatoms. The average molecular weight is 380 g/mol. The van der Waals surface area contributed by atoms with Crippen LogP contribution in [0.25, 0.3) is 0 Å². The first-order valence-corrected chi connectivity index (χ1v) is 10.3. The van der Waals surface area contributed by atoms with E-state index in [1.165, 1.54) is 0 Å². The number of nitriles is 1. The number of nitrogens with one attached hydrogen (secondary N) is 1. The van der Waals surface area contributed by atoms with Crippen LogP contribution in [0.2, 0.25) is 0 Å². The maximum absolute atomic E-state index is 12.1. The predicted molar refractivity (Wildman–Crippen MR) is 98.2 cm³/mol. The molecular weight excluding hydrogens is 356 g/mol. The Labute approximate surface area is 154 Å². The van der Waals surface area contributed by atoms with Gasteiger partial charge in [-0.2, -0.15) is 5.26 Å². The Morgan fingerprint density at radius 3 is 2.69 bits per heavy atom. The lowest BCUT2D eigenvalue weighted by molar-refractivity contribution is -0.120. The number of benzene rings is 1. The highest BCUT2D eigenvalue weighted by Gasteiger charge is 2.21. The van der Waals surface area contributed by atoms with Crippen molar-refractivity contribution in [1.29, 1.82) is 5.26 Å². The number of anilines is 1. The highest BCUT2D eigenvalue weighted by molar-refractivity contribution is 7.92. The zero-order chi connectivity index (χ0) is 19.0. The smallest absolute Gasteiger partial charge is 0.232 e. The van der Waals surface area contributed by atoms with Crippen LogP contribution in [0.4, 0.5) is 5.69 Å². The Balaban J connectivity index is 1.89. The molecule has 1 amide bonds. The van der Waals surface area contributed by atoms with E-state index in [4.69, 9.17) is 4.74 Å². The molecule has 1 heterocycles. The van der Waals surface area contributed by atoms with Gasteiger partial charge >= 0.3 is 0 Å². The topological polar surface area (TPSA) is 103 Å². The van der Waals surface area contributed by atoms with E-state index in [1.54, 1.807) is 24.3 Å². The summed E-state index contributed by atoms with van der Waals surface area (Å²) >= 11 is 0. The van der Waals surface area contributed by atoms with E-state index in [9.17, 15) is 18.5 Å². The lowest BCUT2D eigenvalue weighted by atomic mass is 10.2. The molecule has 26 heavy (non-hydrogen) atoms. The van der Waals surface area contributed by atoms with E-state index in [0.717, 1.165) is 30.2 Å². The monoisotopic (exact) mass is 380 g/mol. The van der Waals surface area contributed by atoms with Gasteiger partial charge in [0.1, 0.15) is 6.07 Å². The van der Waals surface area contributed by atoms with Crippen molar-refractivity contribution in [2.24, 2.45) is 0 Å². The summed E-state index contributed by atoms with van der Waals surface area (Å²) in [6.45, 7) is 4.34. The van der Waals surface area contributed by atoms with Crippen LogP contribution in [0.3, 0.4) is 0 Å². The fourth-order valence-corrected chi connectivity index (χ4v) is 3.66. The molecule has 8 nitrogen and oxygen atoms in total. The number of morpholine rings is 1. The fourth-order valence-electron chi connectivity index (χ4n) is 2.72. The zero-order valence-corrected chi connectivity index (χ0v) is 15.7. The molecular formula is C17H24N4O4S. The van der Waals surface area contributed by atoms with Gasteiger partial charge in [0, 0.05) is 39.1 Å². The number of sulfonamides is 1. The quantitative estimate of drug-likeness (QED) is 0.689. The highest BCUT2D eigenvalue weighted by atomic mass is 32.2. The molecule has 0 bridgehead atoms. The lowest BCUT2D eigenvalue weighted by Crippen LogP contribution is -2.42. The SMILES string of the molecule is CS(=O)(=O)N(CCC(=O)NCCN1CCOCC1)c1ccccc1C#N. The minimum Gasteiger partial charge on any atom is -0.379 e. The summed E-state index contributed by atoms with van der Waals surface area (Å²) in [7, 11) is -3.60. The number of ether oxygens (including phenoxy) is 1. The molecule has 1 aromatic rings. The molecule has 0 aromatic heterocycles. The lowest BCUT2D eigenvalue weighted by Gasteiger charge is -2.26. The first-order chi connectivity index (χ1) is 12.4. The van der Waals surface area contributed by atoms with E-state index < -0.39 is 10.0 Å². The van der Waals surface area contributed by atoms with Crippen LogP contribution >= 0.6 is 0 Å². The van der Waals surface area contributed by atoms with Gasteiger partial charge in [0.2, 0.25) is 15.9 Å². The third kappa shape index (κ3) is 5.98. The van der Waals surface area contributed by atoms with Gasteiger partial charge in [0.25, 0.3) is 0 Å². The summed E-state index contributed by atoms with van der Waals surface area (Å²) in [5.74, 6) is -0.221. The Hall–Kier alpha value is -2.15.